The molecule has 0 fully saturated rings. The summed E-state index contributed by atoms with van der Waals surface area (Å²) in [4.78, 5) is -1.87. The molecule has 0 unspecified atom stereocenters. The van der Waals surface area contributed by atoms with Gasteiger partial charge in [0.1, 0.15) is 5.82 Å². The maximum atomic E-state index is 13.7. The van der Waals surface area contributed by atoms with Gasteiger partial charge in [0.15, 0.2) is 0 Å². The predicted octanol–water partition coefficient (Wildman–Crippen LogP) is 7.76. The molecule has 1 aromatic rings. The first-order valence-electron chi connectivity index (χ1n) is 6.34. The van der Waals surface area contributed by atoms with Crippen LogP contribution in [0.3, 0.4) is 0 Å². The van der Waals surface area contributed by atoms with E-state index in [9.17, 15) is 65.9 Å². The highest BCUT2D eigenvalue weighted by Gasteiger charge is 2.75. The fourth-order valence-corrected chi connectivity index (χ4v) is 3.16. The van der Waals surface area contributed by atoms with Gasteiger partial charge in [0, 0.05) is 10.0 Å². The van der Waals surface area contributed by atoms with Crippen LogP contribution in [-0.2, 0) is 5.92 Å². The van der Waals surface area contributed by atoms with Crippen molar-refractivity contribution in [3.05, 3.63) is 28.0 Å². The van der Waals surface area contributed by atoms with Gasteiger partial charge in [-0.1, -0.05) is 15.9 Å². The molecule has 0 aromatic heterocycles. The SMILES string of the molecule is Fc1cc(C(F)(F)C(F)(F)C(F)(F)F)c(Br)cc1SC(F)(F)C(F)(F)C(F)(F)F. The zero-order chi connectivity index (χ0) is 23.4. The first kappa shape index (κ1) is 26.0. The van der Waals surface area contributed by atoms with Crippen LogP contribution in [0, 0.1) is 5.82 Å². The van der Waals surface area contributed by atoms with Crippen molar-refractivity contribution < 1.29 is 65.9 Å². The lowest BCUT2D eigenvalue weighted by Crippen LogP contribution is -2.50. The predicted molar refractivity (Wildman–Crippen MR) is 70.8 cm³/mol. The molecule has 0 saturated heterocycles. The van der Waals surface area contributed by atoms with Crippen molar-refractivity contribution in [2.45, 2.75) is 40.3 Å². The van der Waals surface area contributed by atoms with Gasteiger partial charge in [-0.25, -0.2) is 4.39 Å². The molecule has 0 saturated carbocycles. The van der Waals surface area contributed by atoms with Gasteiger partial charge in [0.2, 0.25) is 0 Å². The van der Waals surface area contributed by atoms with Gasteiger partial charge in [-0.3, -0.25) is 0 Å². The van der Waals surface area contributed by atoms with E-state index in [1.165, 1.54) is 0 Å². The summed E-state index contributed by atoms with van der Waals surface area (Å²) in [7, 11) is 0. The lowest BCUT2D eigenvalue weighted by atomic mass is 10.0. The van der Waals surface area contributed by atoms with Crippen LogP contribution in [0.15, 0.2) is 21.5 Å². The van der Waals surface area contributed by atoms with Gasteiger partial charge >= 0.3 is 35.4 Å². The highest BCUT2D eigenvalue weighted by Crippen LogP contribution is 2.56. The standard InChI is InChI=1S/C12H2BrF15S/c13-4-2-6(29-12(27,28)9(19,20)11(24,25)26)5(14)1-3(4)7(15,16)8(17,18)10(21,22)23/h1-2H. The van der Waals surface area contributed by atoms with E-state index in [1.54, 1.807) is 0 Å². The summed E-state index contributed by atoms with van der Waals surface area (Å²) in [6.07, 6.45) is -13.7. The third-order valence-electron chi connectivity index (χ3n) is 3.07. The number of halogens is 16. The molecular formula is C12H2BrF15S. The average Bonchev–Trinajstić information content (AvgIpc) is 2.47. The molecule has 0 atom stereocenters. The lowest BCUT2D eigenvalue weighted by molar-refractivity contribution is -0.359. The minimum Gasteiger partial charge on any atom is -0.206 e. The van der Waals surface area contributed by atoms with Crippen LogP contribution in [0.5, 0.6) is 0 Å². The zero-order valence-electron chi connectivity index (χ0n) is 12.6. The number of benzene rings is 1. The third-order valence-corrected chi connectivity index (χ3v) is 4.77. The summed E-state index contributed by atoms with van der Waals surface area (Å²) in [5.74, 6) is -22.2. The molecule has 29 heavy (non-hydrogen) atoms. The Labute approximate surface area is 162 Å². The van der Waals surface area contributed by atoms with Crippen molar-refractivity contribution in [3.63, 3.8) is 0 Å². The normalized spacial score (nSPS) is 15.0. The van der Waals surface area contributed by atoms with Gasteiger partial charge in [0.05, 0.1) is 4.90 Å². The Balaban J connectivity index is 3.46. The number of hydrogen-bond acceptors (Lipinski definition) is 1. The molecule has 0 aliphatic heterocycles. The second-order valence-electron chi connectivity index (χ2n) is 5.10. The van der Waals surface area contributed by atoms with Crippen molar-refractivity contribution in [3.8, 4) is 0 Å². The molecule has 168 valence electrons. The Kier molecular flexibility index (Phi) is 6.55. The Bertz CT molecular complexity index is 764. The van der Waals surface area contributed by atoms with E-state index < -0.39 is 74.0 Å². The molecule has 0 nitrogen and oxygen atoms in total. The summed E-state index contributed by atoms with van der Waals surface area (Å²) in [5, 5.41) is -6.11. The van der Waals surface area contributed by atoms with E-state index in [0.29, 0.717) is 0 Å². The summed E-state index contributed by atoms with van der Waals surface area (Å²) in [5.41, 5.74) is -2.42. The number of alkyl halides is 14. The van der Waals surface area contributed by atoms with E-state index in [-0.39, 0.29) is 6.07 Å². The highest BCUT2D eigenvalue weighted by molar-refractivity contribution is 9.10. The Morgan fingerprint density at radius 3 is 1.45 bits per heavy atom. The molecule has 0 spiro atoms. The monoisotopic (exact) mass is 542 g/mol. The first-order chi connectivity index (χ1) is 12.5. The fourth-order valence-electron chi connectivity index (χ4n) is 1.56. The molecule has 0 bridgehead atoms. The van der Waals surface area contributed by atoms with Crippen molar-refractivity contribution >= 4 is 27.7 Å². The van der Waals surface area contributed by atoms with Gasteiger partial charge in [-0.05, 0) is 23.9 Å². The van der Waals surface area contributed by atoms with E-state index >= 15 is 0 Å². The van der Waals surface area contributed by atoms with Crippen LogP contribution in [0.25, 0.3) is 0 Å². The zero-order valence-corrected chi connectivity index (χ0v) is 15.0. The topological polar surface area (TPSA) is 0 Å². The van der Waals surface area contributed by atoms with Crippen molar-refractivity contribution in [1.29, 1.82) is 0 Å². The summed E-state index contributed by atoms with van der Waals surface area (Å²) in [6, 6.07) is -1.19. The average molecular weight is 543 g/mol. The molecule has 0 heterocycles. The maximum Gasteiger partial charge on any atom is 0.460 e. The summed E-state index contributed by atoms with van der Waals surface area (Å²) < 4.78 is 190. The van der Waals surface area contributed by atoms with E-state index in [0.717, 1.165) is 0 Å². The van der Waals surface area contributed by atoms with Crippen LogP contribution in [-0.4, -0.2) is 29.5 Å². The quantitative estimate of drug-likeness (QED) is 0.271. The number of hydrogen-bond donors (Lipinski definition) is 0. The van der Waals surface area contributed by atoms with E-state index in [4.69, 9.17) is 0 Å². The maximum absolute atomic E-state index is 13.7. The molecular weight excluding hydrogens is 541 g/mol. The molecule has 0 amide bonds. The van der Waals surface area contributed by atoms with Crippen LogP contribution >= 0.6 is 27.7 Å². The molecule has 1 rings (SSSR count). The molecule has 0 aliphatic rings. The van der Waals surface area contributed by atoms with Gasteiger partial charge < -0.3 is 0 Å². The molecule has 0 radical (unpaired) electrons. The lowest BCUT2D eigenvalue weighted by Gasteiger charge is -2.30. The van der Waals surface area contributed by atoms with Crippen molar-refractivity contribution in [2.75, 3.05) is 0 Å². The Morgan fingerprint density at radius 2 is 1.07 bits per heavy atom. The van der Waals surface area contributed by atoms with Crippen LogP contribution in [0.4, 0.5) is 65.9 Å². The molecule has 1 aromatic carbocycles. The van der Waals surface area contributed by atoms with Crippen LogP contribution < -0.4 is 0 Å². The number of rotatable bonds is 5. The molecule has 0 aliphatic carbocycles. The van der Waals surface area contributed by atoms with Crippen LogP contribution in [0.2, 0.25) is 0 Å². The molecule has 0 N–H and O–H groups in total. The van der Waals surface area contributed by atoms with Gasteiger partial charge in [0.25, 0.3) is 0 Å². The summed E-state index contributed by atoms with van der Waals surface area (Å²) >= 11 is 0.148. The van der Waals surface area contributed by atoms with Crippen molar-refractivity contribution in [1.82, 2.24) is 0 Å². The van der Waals surface area contributed by atoms with Gasteiger partial charge in [-0.15, -0.1) is 0 Å². The van der Waals surface area contributed by atoms with E-state index in [2.05, 4.69) is 0 Å². The number of thioether (sulfide) groups is 1. The molecule has 17 heteroatoms. The highest BCUT2D eigenvalue weighted by atomic mass is 79.9. The van der Waals surface area contributed by atoms with Gasteiger partial charge in [-0.2, -0.15) is 61.5 Å². The summed E-state index contributed by atoms with van der Waals surface area (Å²) in [6.45, 7) is 0. The van der Waals surface area contributed by atoms with Crippen molar-refractivity contribution in [2.24, 2.45) is 0 Å². The minimum atomic E-state index is -6.85. The third kappa shape index (κ3) is 4.39. The Morgan fingerprint density at radius 1 is 0.655 bits per heavy atom. The smallest absolute Gasteiger partial charge is 0.206 e. The Hall–Kier alpha value is -1.00. The minimum absolute atomic E-state index is 0.365. The largest absolute Gasteiger partial charge is 0.460 e. The van der Waals surface area contributed by atoms with E-state index in [1.807, 2.05) is 15.9 Å². The second-order valence-corrected chi connectivity index (χ2v) is 7.11. The fraction of sp³-hybridized carbons (Fsp3) is 0.500. The second kappa shape index (κ2) is 7.30. The van der Waals surface area contributed by atoms with Crippen LogP contribution in [0.1, 0.15) is 5.56 Å². The first-order valence-corrected chi connectivity index (χ1v) is 7.95.